The Hall–Kier alpha value is -2.26. The molecule has 0 aromatic heterocycles. The molecule has 4 rings (SSSR count). The van der Waals surface area contributed by atoms with Crippen LogP contribution in [-0.2, 0) is 17.8 Å². The van der Waals surface area contributed by atoms with Crippen LogP contribution in [0.1, 0.15) is 99.3 Å². The second-order valence-electron chi connectivity index (χ2n) is 10.9. The van der Waals surface area contributed by atoms with Gasteiger partial charge in [0.15, 0.2) is 0 Å². The second kappa shape index (κ2) is 12.8. The summed E-state index contributed by atoms with van der Waals surface area (Å²) in [6.45, 7) is 4.10. The molecule has 0 aliphatic heterocycles. The third kappa shape index (κ3) is 7.62. The average Bonchev–Trinajstić information content (AvgIpc) is 2.90. The van der Waals surface area contributed by atoms with Crippen LogP contribution in [-0.4, -0.2) is 6.11 Å². The van der Waals surface area contributed by atoms with Gasteiger partial charge in [0.05, 0.1) is 13.0 Å². The normalized spacial score (nSPS) is 25.6. The number of halogens is 2. The molecule has 0 bridgehead atoms. The number of hydrogen-bond donors (Lipinski definition) is 0. The summed E-state index contributed by atoms with van der Waals surface area (Å²) >= 11 is 0. The van der Waals surface area contributed by atoms with E-state index in [1.165, 1.54) is 62.5 Å². The fourth-order valence-electron chi connectivity index (χ4n) is 6.11. The first-order valence-electron chi connectivity index (χ1n) is 13.9. The van der Waals surface area contributed by atoms with Crippen LogP contribution in [0.2, 0.25) is 0 Å². The van der Waals surface area contributed by atoms with Crippen LogP contribution in [0, 0.1) is 11.8 Å². The molecule has 2 aliphatic carbocycles. The lowest BCUT2D eigenvalue weighted by Crippen LogP contribution is -2.23. The molecular weight excluding hydrogens is 450 g/mol. The van der Waals surface area contributed by atoms with E-state index < -0.39 is 12.5 Å². The van der Waals surface area contributed by atoms with E-state index in [-0.39, 0.29) is 6.61 Å². The molecule has 0 N–H and O–H groups in total. The van der Waals surface area contributed by atoms with Crippen LogP contribution in [0.25, 0.3) is 0 Å². The average molecular weight is 493 g/mol. The summed E-state index contributed by atoms with van der Waals surface area (Å²) in [5, 5.41) is 0. The molecule has 0 spiro atoms. The zero-order valence-electron chi connectivity index (χ0n) is 22.0. The van der Waals surface area contributed by atoms with Crippen molar-refractivity contribution in [1.82, 2.24) is 0 Å². The molecule has 0 amide bonds. The van der Waals surface area contributed by atoms with E-state index in [4.69, 9.17) is 4.74 Å². The van der Waals surface area contributed by atoms with Crippen molar-refractivity contribution in [2.45, 2.75) is 96.2 Å². The fraction of sp³-hybridized carbons (Fsp3) is 0.515. The maximum Gasteiger partial charge on any atom is 0.360 e. The minimum absolute atomic E-state index is 0.0746. The first-order valence-corrected chi connectivity index (χ1v) is 13.9. The van der Waals surface area contributed by atoms with Crippen LogP contribution in [0.4, 0.5) is 8.78 Å². The SMILES string of the molecule is CC=CC1CCC(c2ccc(COC(F)(F)Cc3ccc(C4CCC(C=CC)CC4)cc3)cc2)CC1. The molecule has 2 aliphatic rings. The molecule has 0 atom stereocenters. The summed E-state index contributed by atoms with van der Waals surface area (Å²) in [7, 11) is 0. The first kappa shape index (κ1) is 26.8. The van der Waals surface area contributed by atoms with Crippen molar-refractivity contribution >= 4 is 0 Å². The van der Waals surface area contributed by atoms with Gasteiger partial charge in [-0.25, -0.2) is 0 Å². The van der Waals surface area contributed by atoms with Gasteiger partial charge in [0.25, 0.3) is 0 Å². The molecule has 36 heavy (non-hydrogen) atoms. The van der Waals surface area contributed by atoms with Crippen molar-refractivity contribution in [3.63, 3.8) is 0 Å². The van der Waals surface area contributed by atoms with Gasteiger partial charge in [-0.15, -0.1) is 0 Å². The van der Waals surface area contributed by atoms with E-state index in [9.17, 15) is 8.78 Å². The predicted molar refractivity (Wildman–Crippen MR) is 145 cm³/mol. The molecule has 2 aromatic carbocycles. The Labute approximate surface area is 216 Å². The highest BCUT2D eigenvalue weighted by Gasteiger charge is 2.31. The molecule has 2 saturated carbocycles. The van der Waals surface area contributed by atoms with Crippen molar-refractivity contribution in [2.75, 3.05) is 0 Å². The van der Waals surface area contributed by atoms with Crippen LogP contribution < -0.4 is 0 Å². The maximum absolute atomic E-state index is 14.6. The highest BCUT2D eigenvalue weighted by atomic mass is 19.3. The Morgan fingerprint density at radius 3 is 1.50 bits per heavy atom. The summed E-state index contributed by atoms with van der Waals surface area (Å²) in [6, 6.07) is 15.9. The van der Waals surface area contributed by atoms with Gasteiger partial charge in [-0.05, 0) is 111 Å². The summed E-state index contributed by atoms with van der Waals surface area (Å²) in [5.74, 6) is 2.53. The maximum atomic E-state index is 14.6. The Balaban J connectivity index is 1.24. The van der Waals surface area contributed by atoms with Crippen molar-refractivity contribution in [3.8, 4) is 0 Å². The molecule has 1 nitrogen and oxygen atoms in total. The van der Waals surface area contributed by atoms with Gasteiger partial charge in [0.2, 0.25) is 0 Å². The Kier molecular flexibility index (Phi) is 9.53. The van der Waals surface area contributed by atoms with E-state index in [1.807, 2.05) is 36.4 Å². The van der Waals surface area contributed by atoms with Gasteiger partial charge in [-0.1, -0.05) is 72.8 Å². The highest BCUT2D eigenvalue weighted by molar-refractivity contribution is 5.27. The Bertz CT molecular complexity index is 973. The second-order valence-corrected chi connectivity index (χ2v) is 10.9. The summed E-state index contributed by atoms with van der Waals surface area (Å²) < 4.78 is 34.3. The van der Waals surface area contributed by atoms with E-state index in [2.05, 4.69) is 50.3 Å². The lowest BCUT2D eigenvalue weighted by Gasteiger charge is -2.27. The lowest BCUT2D eigenvalue weighted by atomic mass is 9.78. The lowest BCUT2D eigenvalue weighted by molar-refractivity contribution is -0.244. The van der Waals surface area contributed by atoms with E-state index in [0.717, 1.165) is 5.56 Å². The molecule has 0 saturated heterocycles. The third-order valence-electron chi connectivity index (χ3n) is 8.24. The Morgan fingerprint density at radius 1 is 0.667 bits per heavy atom. The molecule has 0 unspecified atom stereocenters. The predicted octanol–water partition coefficient (Wildman–Crippen LogP) is 9.74. The molecule has 3 heteroatoms. The first-order chi connectivity index (χ1) is 17.5. The standard InChI is InChI=1S/C33H42F2O/c1-3-5-25-7-15-29(16-8-25)31-19-11-27(12-20-31)23-33(34,35)36-24-28-13-21-32(22-14-28)30-17-9-26(6-4-2)10-18-30/h3-6,11-14,19-22,25-26,29-30H,7-10,15-18,23-24H2,1-2H3. The minimum atomic E-state index is -3.18. The monoisotopic (exact) mass is 492 g/mol. The number of allylic oxidation sites excluding steroid dienone is 4. The van der Waals surface area contributed by atoms with Crippen molar-refractivity contribution < 1.29 is 13.5 Å². The van der Waals surface area contributed by atoms with Crippen LogP contribution >= 0.6 is 0 Å². The van der Waals surface area contributed by atoms with E-state index >= 15 is 0 Å². The van der Waals surface area contributed by atoms with Crippen molar-refractivity contribution in [1.29, 1.82) is 0 Å². The molecule has 2 fully saturated rings. The number of alkyl halides is 2. The van der Waals surface area contributed by atoms with Gasteiger partial charge in [-0.3, -0.25) is 0 Å². The van der Waals surface area contributed by atoms with Crippen molar-refractivity contribution in [3.05, 3.63) is 95.1 Å². The van der Waals surface area contributed by atoms with E-state index in [1.54, 1.807) is 0 Å². The zero-order valence-corrected chi connectivity index (χ0v) is 22.0. The number of benzene rings is 2. The van der Waals surface area contributed by atoms with Gasteiger partial charge < -0.3 is 4.74 Å². The van der Waals surface area contributed by atoms with Gasteiger partial charge in [0.1, 0.15) is 0 Å². The van der Waals surface area contributed by atoms with E-state index in [0.29, 0.717) is 29.2 Å². The molecule has 0 heterocycles. The van der Waals surface area contributed by atoms with Crippen LogP contribution in [0.5, 0.6) is 0 Å². The fourth-order valence-corrected chi connectivity index (χ4v) is 6.11. The van der Waals surface area contributed by atoms with Gasteiger partial charge in [0, 0.05) is 0 Å². The highest BCUT2D eigenvalue weighted by Crippen LogP contribution is 2.38. The van der Waals surface area contributed by atoms with Crippen molar-refractivity contribution in [2.24, 2.45) is 11.8 Å². The molecule has 194 valence electrons. The smallest absolute Gasteiger partial charge is 0.315 e. The number of rotatable bonds is 9. The third-order valence-corrected chi connectivity index (χ3v) is 8.24. The van der Waals surface area contributed by atoms with Gasteiger partial charge in [-0.2, -0.15) is 8.78 Å². The summed E-state index contributed by atoms with van der Waals surface area (Å²) in [5.41, 5.74) is 4.01. The minimum Gasteiger partial charge on any atom is -0.315 e. The quantitative estimate of drug-likeness (QED) is 0.317. The Morgan fingerprint density at radius 2 is 1.08 bits per heavy atom. The largest absolute Gasteiger partial charge is 0.360 e. The summed E-state index contributed by atoms with van der Waals surface area (Å²) in [6.07, 6.45) is 15.0. The number of ether oxygens (including phenoxy) is 1. The zero-order chi connectivity index (χ0) is 25.4. The number of hydrogen-bond acceptors (Lipinski definition) is 1. The topological polar surface area (TPSA) is 9.23 Å². The van der Waals surface area contributed by atoms with Gasteiger partial charge >= 0.3 is 6.11 Å². The molecule has 0 radical (unpaired) electrons. The van der Waals surface area contributed by atoms with Crippen LogP contribution in [0.15, 0.2) is 72.8 Å². The van der Waals surface area contributed by atoms with Crippen LogP contribution in [0.3, 0.4) is 0 Å². The molecular formula is C33H42F2O. The summed E-state index contributed by atoms with van der Waals surface area (Å²) in [4.78, 5) is 0. The molecule has 2 aromatic rings.